The van der Waals surface area contributed by atoms with E-state index in [1.165, 1.54) is 12.1 Å². The number of carboxylic acids is 1. The van der Waals surface area contributed by atoms with Crippen molar-refractivity contribution in [2.75, 3.05) is 13.1 Å². The molecule has 1 aromatic heterocycles. The average Bonchev–Trinajstić information content (AvgIpc) is 3.39. The van der Waals surface area contributed by atoms with E-state index in [9.17, 15) is 28.2 Å². The first-order chi connectivity index (χ1) is 16.6. The molecule has 2 N–H and O–H groups in total. The monoisotopic (exact) mass is 566 g/mol. The van der Waals surface area contributed by atoms with Crippen LogP contribution in [0.2, 0.25) is 0 Å². The van der Waals surface area contributed by atoms with Gasteiger partial charge in [-0.3, -0.25) is 4.90 Å². The van der Waals surface area contributed by atoms with Gasteiger partial charge in [-0.15, -0.1) is 0 Å². The highest BCUT2D eigenvalue weighted by atomic mass is 79.9. The number of likely N-dealkylation sites (tertiary alicyclic amines) is 1. The summed E-state index contributed by atoms with van der Waals surface area (Å²) in [7, 11) is 0. The van der Waals surface area contributed by atoms with E-state index in [0.717, 1.165) is 50.9 Å². The summed E-state index contributed by atoms with van der Waals surface area (Å²) in [6.07, 6.45) is -0.888. The highest BCUT2D eigenvalue weighted by Crippen LogP contribution is 2.46. The Morgan fingerprint density at radius 1 is 1.17 bits per heavy atom. The average molecular weight is 567 g/mol. The van der Waals surface area contributed by atoms with Crippen LogP contribution in [0.5, 0.6) is 5.75 Å². The predicted molar refractivity (Wildman–Crippen MR) is 133 cm³/mol. The summed E-state index contributed by atoms with van der Waals surface area (Å²) in [5, 5.41) is 21.7. The number of phenolic OH excluding ortho intramolecular Hbond substituents is 1. The molecular formula is C25H22BrF3N2O3S. The molecule has 5 rings (SSSR count). The lowest BCUT2D eigenvalue weighted by molar-refractivity contribution is -0.137. The maximum absolute atomic E-state index is 13.4. The van der Waals surface area contributed by atoms with Crippen molar-refractivity contribution in [3.8, 4) is 5.75 Å². The van der Waals surface area contributed by atoms with Crippen LogP contribution >= 0.6 is 28.1 Å². The number of fused-ring (bicyclic) bond motifs is 1. The number of rotatable bonds is 6. The topological polar surface area (TPSA) is 65.7 Å². The van der Waals surface area contributed by atoms with Crippen molar-refractivity contribution in [2.45, 2.75) is 44.4 Å². The number of halogens is 4. The second-order valence-corrected chi connectivity index (χ2v) is 10.4. The second-order valence-electron chi connectivity index (χ2n) is 9.10. The Kier molecular flexibility index (Phi) is 6.17. The van der Waals surface area contributed by atoms with Crippen molar-refractivity contribution in [3.05, 3.63) is 62.8 Å². The van der Waals surface area contributed by atoms with E-state index in [2.05, 4.69) is 20.8 Å². The number of carbonyl (C=O) groups is 1. The van der Waals surface area contributed by atoms with Gasteiger partial charge in [0.05, 0.1) is 31.7 Å². The molecule has 184 valence electrons. The summed E-state index contributed by atoms with van der Waals surface area (Å²) in [6, 6.07) is 6.33. The van der Waals surface area contributed by atoms with Crippen LogP contribution in [0.4, 0.5) is 13.2 Å². The van der Waals surface area contributed by atoms with Crippen molar-refractivity contribution in [2.24, 2.45) is 0 Å². The van der Waals surface area contributed by atoms with Crippen LogP contribution < -0.4 is 0 Å². The molecule has 1 saturated heterocycles. The van der Waals surface area contributed by atoms with E-state index in [1.54, 1.807) is 6.07 Å². The third-order valence-electron chi connectivity index (χ3n) is 6.69. The second kappa shape index (κ2) is 8.90. The Labute approximate surface area is 213 Å². The van der Waals surface area contributed by atoms with Crippen LogP contribution in [-0.2, 0) is 12.7 Å². The fraction of sp³-hybridized carbons (Fsp3) is 0.360. The van der Waals surface area contributed by atoms with Crippen molar-refractivity contribution in [1.82, 2.24) is 9.47 Å². The van der Waals surface area contributed by atoms with Crippen molar-refractivity contribution in [3.63, 3.8) is 0 Å². The zero-order chi connectivity index (χ0) is 25.1. The minimum absolute atomic E-state index is 0.0135. The van der Waals surface area contributed by atoms with Crippen LogP contribution in [-0.4, -0.2) is 43.6 Å². The van der Waals surface area contributed by atoms with Gasteiger partial charge in [-0.25, -0.2) is 4.79 Å². The summed E-state index contributed by atoms with van der Waals surface area (Å²) in [5.41, 5.74) is 0.509. The molecule has 1 saturated carbocycles. The number of aromatic hydroxyl groups is 1. The van der Waals surface area contributed by atoms with E-state index in [-0.39, 0.29) is 33.5 Å². The number of nitrogens with zero attached hydrogens (tertiary/aromatic N) is 2. The van der Waals surface area contributed by atoms with Crippen molar-refractivity contribution >= 4 is 49.9 Å². The molecule has 1 aliphatic carbocycles. The summed E-state index contributed by atoms with van der Waals surface area (Å²) in [4.78, 5) is 14.9. The van der Waals surface area contributed by atoms with Gasteiger partial charge in [0.1, 0.15) is 5.75 Å². The lowest BCUT2D eigenvalue weighted by atomic mass is 9.99. The molecule has 0 bridgehead atoms. The molecule has 2 heterocycles. The molecule has 0 atom stereocenters. The fourth-order valence-corrected chi connectivity index (χ4v) is 5.72. The summed E-state index contributed by atoms with van der Waals surface area (Å²) >= 11 is 9.09. The molecule has 1 aliphatic heterocycles. The lowest BCUT2D eigenvalue weighted by Crippen LogP contribution is -2.19. The molecule has 2 aliphatic rings. The van der Waals surface area contributed by atoms with Gasteiger partial charge in [-0.05, 0) is 78.5 Å². The molecule has 10 heteroatoms. The first kappa shape index (κ1) is 24.3. The lowest BCUT2D eigenvalue weighted by Gasteiger charge is -2.18. The Balaban J connectivity index is 1.78. The highest BCUT2D eigenvalue weighted by molar-refractivity contribution is 9.10. The number of benzene rings is 2. The van der Waals surface area contributed by atoms with Crippen molar-refractivity contribution < 1.29 is 28.2 Å². The van der Waals surface area contributed by atoms with Gasteiger partial charge in [0, 0.05) is 23.5 Å². The Morgan fingerprint density at radius 2 is 1.86 bits per heavy atom. The summed E-state index contributed by atoms with van der Waals surface area (Å²) in [6.45, 7) is 2.05. The van der Waals surface area contributed by atoms with Gasteiger partial charge < -0.3 is 14.8 Å². The SMILES string of the molecule is O=C(O)c1c(C(=S)c2cccc(C(F)(F)F)c2)n(C2CC2)c2cc(Br)c(O)c(CN3CCCC3)c12. The molecule has 2 aromatic carbocycles. The number of thiocarbonyl (C=S) groups is 1. The third kappa shape index (κ3) is 4.36. The maximum Gasteiger partial charge on any atom is 0.416 e. The quantitative estimate of drug-likeness (QED) is 0.262. The molecule has 0 radical (unpaired) electrons. The number of hydrogen-bond donors (Lipinski definition) is 2. The molecular weight excluding hydrogens is 545 g/mol. The van der Waals surface area contributed by atoms with E-state index in [1.807, 2.05) is 4.57 Å². The smallest absolute Gasteiger partial charge is 0.416 e. The Hall–Kier alpha value is -2.43. The first-order valence-electron chi connectivity index (χ1n) is 11.3. The highest BCUT2D eigenvalue weighted by Gasteiger charge is 2.37. The van der Waals surface area contributed by atoms with Crippen molar-refractivity contribution in [1.29, 1.82) is 0 Å². The Bertz CT molecular complexity index is 1360. The molecule has 5 nitrogen and oxygen atoms in total. The van der Waals surface area contributed by atoms with E-state index < -0.39 is 17.7 Å². The third-order valence-corrected chi connectivity index (χ3v) is 7.73. The first-order valence-corrected chi connectivity index (χ1v) is 12.5. The number of aromatic carboxylic acids is 1. The standard InChI is InChI=1S/C25H22BrF3N2O3S/c26-17-11-18-19(16(22(17)32)12-30-8-1-2-9-30)20(24(33)34)21(31(18)15-6-7-15)23(35)13-4-3-5-14(10-13)25(27,28)29/h3-5,10-11,15,32H,1-2,6-9,12H2,(H,33,34). The number of alkyl halides is 3. The van der Waals surface area contributed by atoms with Gasteiger partial charge in [0.15, 0.2) is 0 Å². The minimum Gasteiger partial charge on any atom is -0.506 e. The van der Waals surface area contributed by atoms with Gasteiger partial charge >= 0.3 is 12.1 Å². The van der Waals surface area contributed by atoms with E-state index in [0.29, 0.717) is 27.5 Å². The molecule has 0 spiro atoms. The minimum atomic E-state index is -4.55. The molecule has 35 heavy (non-hydrogen) atoms. The van der Waals surface area contributed by atoms with E-state index in [4.69, 9.17) is 12.2 Å². The van der Waals surface area contributed by atoms with Crippen LogP contribution in [0.25, 0.3) is 10.9 Å². The fourth-order valence-electron chi connectivity index (χ4n) is 4.94. The van der Waals surface area contributed by atoms with Crippen LogP contribution in [0.1, 0.15) is 64.5 Å². The van der Waals surface area contributed by atoms with Crippen LogP contribution in [0.15, 0.2) is 34.8 Å². The number of carboxylic acid groups (broad SMARTS) is 1. The Morgan fingerprint density at radius 3 is 2.46 bits per heavy atom. The van der Waals surface area contributed by atoms with Gasteiger partial charge in [0.2, 0.25) is 0 Å². The molecule has 3 aromatic rings. The zero-order valence-electron chi connectivity index (χ0n) is 18.5. The number of hydrogen-bond acceptors (Lipinski definition) is 4. The molecule has 0 amide bonds. The normalized spacial score (nSPS) is 16.8. The molecule has 2 fully saturated rings. The maximum atomic E-state index is 13.4. The van der Waals surface area contributed by atoms with E-state index >= 15 is 0 Å². The predicted octanol–water partition coefficient (Wildman–Crippen LogP) is 6.52. The summed E-state index contributed by atoms with van der Waals surface area (Å²) in [5.74, 6) is -1.26. The van der Waals surface area contributed by atoms with Gasteiger partial charge in [0.25, 0.3) is 0 Å². The zero-order valence-corrected chi connectivity index (χ0v) is 20.9. The van der Waals surface area contributed by atoms with Gasteiger partial charge in [-0.1, -0.05) is 24.4 Å². The number of aromatic nitrogens is 1. The van der Waals surface area contributed by atoms with Crippen LogP contribution in [0.3, 0.4) is 0 Å². The number of phenols is 1. The molecule has 0 unspecified atom stereocenters. The largest absolute Gasteiger partial charge is 0.506 e. The van der Waals surface area contributed by atoms with Gasteiger partial charge in [-0.2, -0.15) is 13.2 Å². The van der Waals surface area contributed by atoms with Crippen LogP contribution in [0, 0.1) is 0 Å². The summed E-state index contributed by atoms with van der Waals surface area (Å²) < 4.78 is 42.4.